The summed E-state index contributed by atoms with van der Waals surface area (Å²) < 4.78 is 18.6. The van der Waals surface area contributed by atoms with Gasteiger partial charge in [0, 0.05) is 24.4 Å². The Morgan fingerprint density at radius 1 is 1.11 bits per heavy atom. The van der Waals surface area contributed by atoms with Gasteiger partial charge in [-0.3, -0.25) is 4.79 Å². The number of amides is 1. The molecule has 5 heteroatoms. The highest BCUT2D eigenvalue weighted by Gasteiger charge is 2.11. The lowest BCUT2D eigenvalue weighted by atomic mass is 10.1. The van der Waals surface area contributed by atoms with Gasteiger partial charge in [-0.05, 0) is 49.6 Å². The molecule has 1 heterocycles. The number of oxazole rings is 1. The fourth-order valence-electron chi connectivity index (χ4n) is 2.84. The number of aromatic nitrogens is 1. The Morgan fingerprint density at radius 2 is 1.85 bits per heavy atom. The van der Waals surface area contributed by atoms with Crippen LogP contribution in [0.3, 0.4) is 0 Å². The van der Waals surface area contributed by atoms with Crippen LogP contribution in [0.15, 0.2) is 65.2 Å². The van der Waals surface area contributed by atoms with Gasteiger partial charge in [0.05, 0.1) is 6.20 Å². The summed E-state index contributed by atoms with van der Waals surface area (Å²) in [5.41, 5.74) is 2.03. The van der Waals surface area contributed by atoms with Crippen LogP contribution in [0.4, 0.5) is 4.39 Å². The van der Waals surface area contributed by atoms with Crippen molar-refractivity contribution in [2.24, 2.45) is 0 Å². The number of hydrogen-bond donors (Lipinski definition) is 1. The summed E-state index contributed by atoms with van der Waals surface area (Å²) >= 11 is 0. The highest BCUT2D eigenvalue weighted by Crippen LogP contribution is 2.21. The van der Waals surface area contributed by atoms with E-state index in [1.54, 1.807) is 18.3 Å². The Hall–Kier alpha value is -2.95. The molecule has 0 spiro atoms. The molecule has 2 aromatic carbocycles. The van der Waals surface area contributed by atoms with Crippen LogP contribution in [0.2, 0.25) is 0 Å². The van der Waals surface area contributed by atoms with Gasteiger partial charge in [0.1, 0.15) is 5.82 Å². The van der Waals surface area contributed by atoms with Crippen LogP contribution in [-0.2, 0) is 17.6 Å². The van der Waals surface area contributed by atoms with E-state index in [1.807, 2.05) is 25.1 Å². The lowest BCUT2D eigenvalue weighted by molar-refractivity contribution is -0.121. The Labute approximate surface area is 158 Å². The van der Waals surface area contributed by atoms with Crippen molar-refractivity contribution in [3.05, 3.63) is 78.1 Å². The average Bonchev–Trinajstić information content (AvgIpc) is 3.15. The van der Waals surface area contributed by atoms with E-state index >= 15 is 0 Å². The molecule has 0 radical (unpaired) electrons. The standard InChI is InChI=1S/C22H23FN2O2/c1-16(7-8-17-5-3-2-4-6-17)25-21(26)13-14-22-24-15-20(27-22)18-9-11-19(23)12-10-18/h2-6,9-12,15-16H,7-8,13-14H2,1H3,(H,25,26). The average molecular weight is 366 g/mol. The van der Waals surface area contributed by atoms with E-state index in [0.717, 1.165) is 18.4 Å². The van der Waals surface area contributed by atoms with Crippen molar-refractivity contribution in [1.82, 2.24) is 10.3 Å². The summed E-state index contributed by atoms with van der Waals surface area (Å²) in [6.45, 7) is 2.01. The van der Waals surface area contributed by atoms with Crippen LogP contribution in [0.1, 0.15) is 31.2 Å². The second-order valence-corrected chi connectivity index (χ2v) is 6.62. The predicted octanol–water partition coefficient (Wildman–Crippen LogP) is 4.55. The molecule has 1 unspecified atom stereocenters. The second kappa shape index (κ2) is 9.12. The molecule has 0 aliphatic heterocycles. The Morgan fingerprint density at radius 3 is 2.59 bits per heavy atom. The van der Waals surface area contributed by atoms with Crippen LogP contribution < -0.4 is 5.32 Å². The lowest BCUT2D eigenvalue weighted by Crippen LogP contribution is -2.33. The minimum absolute atomic E-state index is 0.0166. The molecule has 140 valence electrons. The van der Waals surface area contributed by atoms with Gasteiger partial charge in [0.25, 0.3) is 0 Å². The molecule has 27 heavy (non-hydrogen) atoms. The molecular formula is C22H23FN2O2. The number of carbonyl (C=O) groups excluding carboxylic acids is 1. The van der Waals surface area contributed by atoms with E-state index in [0.29, 0.717) is 24.5 Å². The summed E-state index contributed by atoms with van der Waals surface area (Å²) in [5.74, 6) is 0.761. The highest BCUT2D eigenvalue weighted by molar-refractivity contribution is 5.76. The molecule has 1 N–H and O–H groups in total. The maximum absolute atomic E-state index is 13.0. The van der Waals surface area contributed by atoms with Crippen LogP contribution >= 0.6 is 0 Å². The topological polar surface area (TPSA) is 55.1 Å². The third-order valence-electron chi connectivity index (χ3n) is 4.36. The zero-order chi connectivity index (χ0) is 19.1. The van der Waals surface area contributed by atoms with Crippen LogP contribution in [0, 0.1) is 5.82 Å². The fraction of sp³-hybridized carbons (Fsp3) is 0.273. The van der Waals surface area contributed by atoms with Gasteiger partial charge in [0.2, 0.25) is 5.91 Å². The van der Waals surface area contributed by atoms with Crippen LogP contribution in [-0.4, -0.2) is 16.9 Å². The third-order valence-corrected chi connectivity index (χ3v) is 4.36. The van der Waals surface area contributed by atoms with Gasteiger partial charge < -0.3 is 9.73 Å². The quantitative estimate of drug-likeness (QED) is 0.636. The highest BCUT2D eigenvalue weighted by atomic mass is 19.1. The summed E-state index contributed by atoms with van der Waals surface area (Å²) in [7, 11) is 0. The predicted molar refractivity (Wildman–Crippen MR) is 103 cm³/mol. The van der Waals surface area contributed by atoms with E-state index in [2.05, 4.69) is 22.4 Å². The van der Waals surface area contributed by atoms with Gasteiger partial charge >= 0.3 is 0 Å². The number of carbonyl (C=O) groups is 1. The number of benzene rings is 2. The molecule has 0 aliphatic rings. The SMILES string of the molecule is CC(CCc1ccccc1)NC(=O)CCc1ncc(-c2ccc(F)cc2)o1. The van der Waals surface area contributed by atoms with Crippen LogP contribution in [0.25, 0.3) is 11.3 Å². The second-order valence-electron chi connectivity index (χ2n) is 6.62. The Balaban J connectivity index is 1.43. The first-order chi connectivity index (χ1) is 13.1. The van der Waals surface area contributed by atoms with E-state index < -0.39 is 0 Å². The van der Waals surface area contributed by atoms with Crippen molar-refractivity contribution in [2.75, 3.05) is 0 Å². The van der Waals surface area contributed by atoms with E-state index in [-0.39, 0.29) is 17.8 Å². The fourth-order valence-corrected chi connectivity index (χ4v) is 2.84. The molecule has 0 saturated heterocycles. The number of nitrogens with zero attached hydrogens (tertiary/aromatic N) is 1. The lowest BCUT2D eigenvalue weighted by Gasteiger charge is -2.13. The van der Waals surface area contributed by atoms with Crippen molar-refractivity contribution >= 4 is 5.91 Å². The number of halogens is 1. The largest absolute Gasteiger partial charge is 0.441 e. The molecule has 0 saturated carbocycles. The summed E-state index contributed by atoms with van der Waals surface area (Å²) in [6.07, 6.45) is 4.17. The van der Waals surface area contributed by atoms with Crippen molar-refractivity contribution in [3.8, 4) is 11.3 Å². The maximum Gasteiger partial charge on any atom is 0.220 e. The molecule has 1 amide bonds. The van der Waals surface area contributed by atoms with Crippen molar-refractivity contribution in [2.45, 2.75) is 38.6 Å². The number of hydrogen-bond acceptors (Lipinski definition) is 3. The zero-order valence-electron chi connectivity index (χ0n) is 15.3. The van der Waals surface area contributed by atoms with E-state index in [1.165, 1.54) is 17.7 Å². The third kappa shape index (κ3) is 5.78. The zero-order valence-corrected chi connectivity index (χ0v) is 15.3. The molecular weight excluding hydrogens is 343 g/mol. The molecule has 3 rings (SSSR count). The first-order valence-corrected chi connectivity index (χ1v) is 9.14. The Bertz CT molecular complexity index is 860. The molecule has 1 aromatic heterocycles. The van der Waals surface area contributed by atoms with Crippen molar-refractivity contribution in [3.63, 3.8) is 0 Å². The molecule has 4 nitrogen and oxygen atoms in total. The summed E-state index contributed by atoms with van der Waals surface area (Å²) in [6, 6.07) is 16.4. The van der Waals surface area contributed by atoms with Crippen LogP contribution in [0.5, 0.6) is 0 Å². The van der Waals surface area contributed by atoms with E-state index in [4.69, 9.17) is 4.42 Å². The first kappa shape index (κ1) is 18.8. The summed E-state index contributed by atoms with van der Waals surface area (Å²) in [5, 5.41) is 3.02. The van der Waals surface area contributed by atoms with Gasteiger partial charge in [-0.1, -0.05) is 30.3 Å². The van der Waals surface area contributed by atoms with Crippen molar-refractivity contribution in [1.29, 1.82) is 0 Å². The molecule has 0 aliphatic carbocycles. The number of aryl methyl sites for hydroxylation is 2. The summed E-state index contributed by atoms with van der Waals surface area (Å²) in [4.78, 5) is 16.3. The Kier molecular flexibility index (Phi) is 6.36. The monoisotopic (exact) mass is 366 g/mol. The maximum atomic E-state index is 13.0. The minimum atomic E-state index is -0.295. The van der Waals surface area contributed by atoms with Gasteiger partial charge in [-0.15, -0.1) is 0 Å². The first-order valence-electron chi connectivity index (χ1n) is 9.14. The van der Waals surface area contributed by atoms with E-state index in [9.17, 15) is 9.18 Å². The van der Waals surface area contributed by atoms with Gasteiger partial charge in [-0.2, -0.15) is 0 Å². The van der Waals surface area contributed by atoms with Crippen molar-refractivity contribution < 1.29 is 13.6 Å². The molecule has 3 aromatic rings. The normalized spacial score (nSPS) is 11.9. The minimum Gasteiger partial charge on any atom is -0.441 e. The molecule has 0 fully saturated rings. The van der Waals surface area contributed by atoms with Gasteiger partial charge in [-0.25, -0.2) is 9.37 Å². The number of rotatable bonds is 8. The number of nitrogens with one attached hydrogen (secondary N) is 1. The van der Waals surface area contributed by atoms with Gasteiger partial charge in [0.15, 0.2) is 11.7 Å². The molecule has 1 atom stereocenters. The smallest absolute Gasteiger partial charge is 0.220 e. The molecule has 0 bridgehead atoms.